The predicted molar refractivity (Wildman–Crippen MR) is 141 cm³/mol. The van der Waals surface area contributed by atoms with Crippen LogP contribution in [0.5, 0.6) is 0 Å². The largest absolute Gasteiger partial charge is 0.442 e. The Balaban J connectivity index is 1.13. The highest BCUT2D eigenvalue weighted by atomic mass is 19.1. The van der Waals surface area contributed by atoms with Crippen LogP contribution in [0.2, 0.25) is 0 Å². The van der Waals surface area contributed by atoms with Gasteiger partial charge in [0.2, 0.25) is 12.7 Å². The van der Waals surface area contributed by atoms with Gasteiger partial charge in [0.15, 0.2) is 0 Å². The Labute approximate surface area is 235 Å². The van der Waals surface area contributed by atoms with Gasteiger partial charge in [-0.05, 0) is 18.2 Å². The lowest BCUT2D eigenvalue weighted by atomic mass is 10.2. The summed E-state index contributed by atoms with van der Waals surface area (Å²) in [5.41, 5.74) is 2.59. The van der Waals surface area contributed by atoms with Crippen molar-refractivity contribution in [2.75, 3.05) is 62.4 Å². The molecule has 0 radical (unpaired) electrons. The highest BCUT2D eigenvalue weighted by Gasteiger charge is 2.36. The number of aromatic nitrogens is 2. The van der Waals surface area contributed by atoms with Crippen LogP contribution in [-0.4, -0.2) is 102 Å². The van der Waals surface area contributed by atoms with Crippen molar-refractivity contribution in [3.05, 3.63) is 41.5 Å². The van der Waals surface area contributed by atoms with E-state index in [4.69, 9.17) is 14.2 Å². The molecule has 0 unspecified atom stereocenters. The average molecular weight is 574 g/mol. The van der Waals surface area contributed by atoms with Gasteiger partial charge in [-0.15, -0.1) is 0 Å². The predicted octanol–water partition coefficient (Wildman–Crippen LogP) is 0.796. The Bertz CT molecular complexity index is 1310. The Kier molecular flexibility index (Phi) is 8.35. The first-order valence-corrected chi connectivity index (χ1v) is 13.3. The molecule has 4 heterocycles. The third kappa shape index (κ3) is 6.57. The Morgan fingerprint density at radius 2 is 1.98 bits per heavy atom. The molecule has 220 valence electrons. The van der Waals surface area contributed by atoms with Crippen molar-refractivity contribution in [2.45, 2.75) is 26.1 Å². The number of fused-ring (bicyclic) bond motifs is 1. The number of nitrogens with zero attached hydrogens (tertiary/aromatic N) is 6. The first-order chi connectivity index (χ1) is 19.7. The molecule has 2 saturated heterocycles. The summed E-state index contributed by atoms with van der Waals surface area (Å²) in [5, 5.41) is 7.56. The van der Waals surface area contributed by atoms with Gasteiger partial charge in [-0.2, -0.15) is 5.10 Å². The van der Waals surface area contributed by atoms with Crippen molar-refractivity contribution in [3.63, 3.8) is 0 Å². The number of carbonyl (C=O) groups excluding carboxylic acids is 4. The smallest absolute Gasteiger partial charge is 0.419 e. The number of nitrogens with one attached hydrogen (secondary N) is 1. The topological polar surface area (TPSA) is 139 Å². The summed E-state index contributed by atoms with van der Waals surface area (Å²) in [4.78, 5) is 55.0. The van der Waals surface area contributed by atoms with Crippen LogP contribution in [0.25, 0.3) is 0 Å². The molecule has 0 bridgehead atoms. The quantitative estimate of drug-likeness (QED) is 0.354. The summed E-state index contributed by atoms with van der Waals surface area (Å²) < 4.78 is 32.1. The number of aryl methyl sites for hydroxylation is 1. The molecule has 1 atom stereocenters. The van der Waals surface area contributed by atoms with E-state index in [0.717, 1.165) is 36.2 Å². The highest BCUT2D eigenvalue weighted by Crippen LogP contribution is 2.32. The number of carbonyl (C=O) groups is 4. The molecule has 0 aliphatic carbocycles. The van der Waals surface area contributed by atoms with E-state index in [0.29, 0.717) is 31.9 Å². The molecule has 0 spiro atoms. The second-order valence-corrected chi connectivity index (χ2v) is 10.1. The molecule has 5 rings (SSSR count). The van der Waals surface area contributed by atoms with Crippen LogP contribution in [0.4, 0.5) is 25.4 Å². The Hall–Kier alpha value is -4.24. The van der Waals surface area contributed by atoms with E-state index in [1.54, 1.807) is 16.8 Å². The summed E-state index contributed by atoms with van der Waals surface area (Å²) in [6.07, 6.45) is -0.752. The maximum atomic E-state index is 15.1. The lowest BCUT2D eigenvalue weighted by molar-refractivity contribution is -0.154. The van der Waals surface area contributed by atoms with Crippen LogP contribution >= 0.6 is 0 Å². The number of amides is 3. The van der Waals surface area contributed by atoms with Gasteiger partial charge in [0.25, 0.3) is 0 Å². The van der Waals surface area contributed by atoms with Crippen molar-refractivity contribution < 1.29 is 37.8 Å². The first-order valence-electron chi connectivity index (χ1n) is 13.3. The molecule has 41 heavy (non-hydrogen) atoms. The summed E-state index contributed by atoms with van der Waals surface area (Å²) >= 11 is 0. The molecular formula is C26H32FN7O7. The maximum absolute atomic E-state index is 15.1. The van der Waals surface area contributed by atoms with Crippen molar-refractivity contribution in [2.24, 2.45) is 7.05 Å². The molecule has 0 saturated carbocycles. The van der Waals surface area contributed by atoms with Crippen LogP contribution in [0.1, 0.15) is 18.2 Å². The standard InChI is InChI=1S/C26H32FN7O7/c1-17(35)33(25(37)40-16-39-24(36)15-31-7-5-28-6-8-31)12-20-13-34(26(38)41-20)19-3-4-23(21(27)9-19)32-11-18-10-30(2)29-22(18)14-32/h3-4,9-10,20,28H,5-8,11-16H2,1-2H3/t20-/m0/s1. The zero-order valence-electron chi connectivity index (χ0n) is 22.9. The van der Waals surface area contributed by atoms with Crippen molar-refractivity contribution >= 4 is 35.4 Å². The lowest BCUT2D eigenvalue weighted by Gasteiger charge is -2.26. The van der Waals surface area contributed by atoms with Crippen molar-refractivity contribution in [1.82, 2.24) is 24.9 Å². The maximum Gasteiger partial charge on any atom is 0.419 e. The van der Waals surface area contributed by atoms with E-state index in [2.05, 4.69) is 10.4 Å². The minimum Gasteiger partial charge on any atom is -0.442 e. The molecule has 3 aliphatic rings. The molecule has 3 aliphatic heterocycles. The lowest BCUT2D eigenvalue weighted by Crippen LogP contribution is -2.46. The summed E-state index contributed by atoms with van der Waals surface area (Å²) in [5.74, 6) is -1.71. The van der Waals surface area contributed by atoms with E-state index in [1.165, 1.54) is 11.0 Å². The van der Waals surface area contributed by atoms with Crippen LogP contribution in [-0.2, 0) is 43.9 Å². The number of hydrogen-bond donors (Lipinski definition) is 1. The fraction of sp³-hybridized carbons (Fsp3) is 0.500. The molecule has 1 aromatic carbocycles. The molecular weight excluding hydrogens is 541 g/mol. The van der Waals surface area contributed by atoms with E-state index in [1.807, 2.05) is 23.0 Å². The Morgan fingerprint density at radius 3 is 2.68 bits per heavy atom. The van der Waals surface area contributed by atoms with Crippen LogP contribution in [0, 0.1) is 5.82 Å². The zero-order valence-corrected chi connectivity index (χ0v) is 22.9. The minimum atomic E-state index is -1.04. The van der Waals surface area contributed by atoms with Gasteiger partial charge in [0.05, 0.1) is 43.2 Å². The minimum absolute atomic E-state index is 0.0197. The zero-order chi connectivity index (χ0) is 29.1. The van der Waals surface area contributed by atoms with Crippen LogP contribution in [0.3, 0.4) is 0 Å². The second-order valence-electron chi connectivity index (χ2n) is 10.1. The molecule has 2 aromatic rings. The first kappa shape index (κ1) is 28.3. The van der Waals surface area contributed by atoms with E-state index >= 15 is 4.39 Å². The van der Waals surface area contributed by atoms with Gasteiger partial charge in [-0.1, -0.05) is 0 Å². The Morgan fingerprint density at radius 1 is 1.20 bits per heavy atom. The summed E-state index contributed by atoms with van der Waals surface area (Å²) in [7, 11) is 1.84. The van der Waals surface area contributed by atoms with Gasteiger partial charge < -0.3 is 24.4 Å². The molecule has 14 nitrogen and oxygen atoms in total. The fourth-order valence-corrected chi connectivity index (χ4v) is 5.07. The fourth-order valence-electron chi connectivity index (χ4n) is 5.07. The number of cyclic esters (lactones) is 1. The van der Waals surface area contributed by atoms with Crippen molar-refractivity contribution in [3.8, 4) is 0 Å². The van der Waals surface area contributed by atoms with Gasteiger partial charge in [0.1, 0.15) is 11.9 Å². The number of rotatable bonds is 8. The summed E-state index contributed by atoms with van der Waals surface area (Å²) in [6.45, 7) is 4.20. The molecule has 2 fully saturated rings. The van der Waals surface area contributed by atoms with Gasteiger partial charge in [-0.3, -0.25) is 24.1 Å². The van der Waals surface area contributed by atoms with E-state index in [-0.39, 0.29) is 25.3 Å². The highest BCUT2D eigenvalue weighted by molar-refractivity contribution is 5.92. The van der Waals surface area contributed by atoms with Crippen LogP contribution in [0.15, 0.2) is 24.4 Å². The molecule has 3 amide bonds. The third-order valence-corrected chi connectivity index (χ3v) is 7.10. The second kappa shape index (κ2) is 12.1. The van der Waals surface area contributed by atoms with Crippen molar-refractivity contribution in [1.29, 1.82) is 0 Å². The van der Waals surface area contributed by atoms with Gasteiger partial charge in [-0.25, -0.2) is 18.9 Å². The number of esters is 1. The van der Waals surface area contributed by atoms with Gasteiger partial charge in [0, 0.05) is 58.5 Å². The molecule has 15 heteroatoms. The van der Waals surface area contributed by atoms with Gasteiger partial charge >= 0.3 is 18.2 Å². The number of ether oxygens (including phenoxy) is 3. The SMILES string of the molecule is CC(=O)N(C[C@H]1CN(c2ccc(N3Cc4cn(C)nc4C3)c(F)c2)C(=O)O1)C(=O)OCOC(=O)CN1CCNCC1. The molecule has 1 N–H and O–H groups in total. The number of anilines is 2. The average Bonchev–Trinajstić information content (AvgIpc) is 3.59. The number of halogens is 1. The summed E-state index contributed by atoms with van der Waals surface area (Å²) in [6, 6.07) is 4.46. The number of hydrogen-bond acceptors (Lipinski definition) is 11. The monoisotopic (exact) mass is 573 g/mol. The number of imide groups is 1. The van der Waals surface area contributed by atoms with E-state index < -0.39 is 42.8 Å². The number of benzene rings is 1. The molecule has 1 aromatic heterocycles. The van der Waals surface area contributed by atoms with Crippen LogP contribution < -0.4 is 15.1 Å². The number of piperazine rings is 1. The van der Waals surface area contributed by atoms with E-state index in [9.17, 15) is 19.2 Å². The third-order valence-electron chi connectivity index (χ3n) is 7.10. The normalized spacial score (nSPS) is 18.7.